The topological polar surface area (TPSA) is 66.0 Å². The van der Waals surface area contributed by atoms with Crippen LogP contribution in [0.2, 0.25) is 5.02 Å². The van der Waals surface area contributed by atoms with Gasteiger partial charge in [-0.15, -0.1) is 12.4 Å². The summed E-state index contributed by atoms with van der Waals surface area (Å²) >= 11 is 6.26. The van der Waals surface area contributed by atoms with Crippen LogP contribution < -0.4 is 15.5 Å². The maximum atomic E-state index is 6.26. The molecule has 0 bridgehead atoms. The molecule has 158 valence electrons. The lowest BCUT2D eigenvalue weighted by Gasteiger charge is -2.17. The summed E-state index contributed by atoms with van der Waals surface area (Å²) in [7, 11) is 0. The van der Waals surface area contributed by atoms with E-state index in [0.29, 0.717) is 22.9 Å². The predicted molar refractivity (Wildman–Crippen MR) is 127 cm³/mol. The zero-order valence-corrected chi connectivity index (χ0v) is 18.7. The molecule has 0 spiro atoms. The van der Waals surface area contributed by atoms with E-state index in [2.05, 4.69) is 49.5 Å². The van der Waals surface area contributed by atoms with E-state index in [0.717, 1.165) is 49.3 Å². The van der Waals surface area contributed by atoms with Gasteiger partial charge in [-0.05, 0) is 61.6 Å². The Labute approximate surface area is 188 Å². The van der Waals surface area contributed by atoms with Gasteiger partial charge in [-0.2, -0.15) is 15.0 Å². The van der Waals surface area contributed by atoms with Crippen LogP contribution in [0.15, 0.2) is 42.5 Å². The number of nitrogens with one attached hydrogen (secondary N) is 2. The van der Waals surface area contributed by atoms with Crippen molar-refractivity contribution in [3.63, 3.8) is 0 Å². The Morgan fingerprint density at radius 1 is 0.900 bits per heavy atom. The maximum Gasteiger partial charge on any atom is 0.233 e. The van der Waals surface area contributed by atoms with Gasteiger partial charge in [0.25, 0.3) is 0 Å². The van der Waals surface area contributed by atoms with Crippen LogP contribution in [0, 0.1) is 6.92 Å². The van der Waals surface area contributed by atoms with Crippen molar-refractivity contribution in [2.75, 3.05) is 28.6 Å². The fourth-order valence-corrected chi connectivity index (χ4v) is 3.47. The van der Waals surface area contributed by atoms with E-state index in [1.165, 1.54) is 5.56 Å². The van der Waals surface area contributed by atoms with E-state index >= 15 is 0 Å². The van der Waals surface area contributed by atoms with Crippen molar-refractivity contribution in [3.8, 4) is 0 Å². The first-order chi connectivity index (χ1) is 14.1. The molecule has 0 aliphatic carbocycles. The highest BCUT2D eigenvalue weighted by Crippen LogP contribution is 2.25. The van der Waals surface area contributed by atoms with Crippen molar-refractivity contribution >= 4 is 53.2 Å². The van der Waals surface area contributed by atoms with Crippen LogP contribution in [-0.4, -0.2) is 28.0 Å². The summed E-state index contributed by atoms with van der Waals surface area (Å²) in [5, 5.41) is 7.28. The number of aromatic nitrogens is 3. The van der Waals surface area contributed by atoms with Crippen LogP contribution in [0.5, 0.6) is 0 Å². The highest BCUT2D eigenvalue weighted by molar-refractivity contribution is 6.31. The van der Waals surface area contributed by atoms with E-state index < -0.39 is 0 Å². The lowest BCUT2D eigenvalue weighted by Crippen LogP contribution is -2.21. The zero-order chi connectivity index (χ0) is 20.2. The van der Waals surface area contributed by atoms with Gasteiger partial charge >= 0.3 is 0 Å². The molecule has 0 amide bonds. The Morgan fingerprint density at radius 3 is 2.10 bits per heavy atom. The van der Waals surface area contributed by atoms with Gasteiger partial charge in [-0.1, -0.05) is 36.7 Å². The number of hydrogen-bond donors (Lipinski definition) is 2. The van der Waals surface area contributed by atoms with Gasteiger partial charge in [0.2, 0.25) is 17.8 Å². The second kappa shape index (κ2) is 9.96. The summed E-state index contributed by atoms with van der Waals surface area (Å²) in [5.74, 6) is 1.70. The van der Waals surface area contributed by atoms with Gasteiger partial charge in [-0.3, -0.25) is 0 Å². The van der Waals surface area contributed by atoms with Gasteiger partial charge in [-0.25, -0.2) is 0 Å². The summed E-state index contributed by atoms with van der Waals surface area (Å²) in [6.45, 7) is 6.05. The van der Waals surface area contributed by atoms with Crippen molar-refractivity contribution in [2.45, 2.75) is 33.1 Å². The molecule has 30 heavy (non-hydrogen) atoms. The molecule has 2 heterocycles. The number of rotatable bonds is 6. The van der Waals surface area contributed by atoms with Gasteiger partial charge in [0.05, 0.1) is 0 Å². The number of halogens is 2. The van der Waals surface area contributed by atoms with Crippen molar-refractivity contribution in [2.24, 2.45) is 0 Å². The molecule has 1 aromatic heterocycles. The molecule has 8 heteroatoms. The van der Waals surface area contributed by atoms with Crippen LogP contribution in [0.25, 0.3) is 0 Å². The molecule has 3 aromatic rings. The minimum absolute atomic E-state index is 0. The number of benzene rings is 2. The third kappa shape index (κ3) is 5.32. The average Bonchev–Trinajstić information content (AvgIpc) is 3.26. The Morgan fingerprint density at radius 2 is 1.50 bits per heavy atom. The van der Waals surface area contributed by atoms with Crippen LogP contribution >= 0.6 is 24.0 Å². The highest BCUT2D eigenvalue weighted by atomic mass is 35.5. The summed E-state index contributed by atoms with van der Waals surface area (Å²) in [6.07, 6.45) is 3.32. The molecular formula is C22H26Cl2N6. The molecule has 0 atom stereocenters. The van der Waals surface area contributed by atoms with E-state index in [-0.39, 0.29) is 12.4 Å². The van der Waals surface area contributed by atoms with Crippen LogP contribution in [0.3, 0.4) is 0 Å². The van der Waals surface area contributed by atoms with Gasteiger partial charge < -0.3 is 15.5 Å². The standard InChI is InChI=1S/C22H25ClN6.ClH/c1-3-16-7-10-17(11-8-16)24-20-26-21(25-18-9-6-15(2)19(23)14-18)28-22(27-20)29-12-4-5-13-29;/h6-11,14H,3-5,12-13H2,1-2H3,(H2,24,25,26,27,28);1H. The molecule has 1 fully saturated rings. The van der Waals surface area contributed by atoms with E-state index in [1.807, 2.05) is 37.3 Å². The van der Waals surface area contributed by atoms with Crippen molar-refractivity contribution < 1.29 is 0 Å². The largest absolute Gasteiger partial charge is 0.341 e. The SMILES string of the molecule is CCc1ccc(Nc2nc(Nc3ccc(C)c(Cl)c3)nc(N3CCCC3)n2)cc1.Cl. The summed E-state index contributed by atoms with van der Waals surface area (Å²) in [5.41, 5.74) is 4.12. The second-order valence-electron chi connectivity index (χ2n) is 7.24. The van der Waals surface area contributed by atoms with E-state index in [9.17, 15) is 0 Å². The molecule has 1 saturated heterocycles. The minimum atomic E-state index is 0. The molecule has 0 unspecified atom stereocenters. The van der Waals surface area contributed by atoms with Gasteiger partial charge in [0.15, 0.2) is 0 Å². The van der Waals surface area contributed by atoms with Crippen LogP contribution in [0.4, 0.5) is 29.2 Å². The third-order valence-corrected chi connectivity index (χ3v) is 5.47. The molecule has 0 saturated carbocycles. The Kier molecular flexibility index (Phi) is 7.34. The van der Waals surface area contributed by atoms with Crippen molar-refractivity contribution in [1.82, 2.24) is 15.0 Å². The molecule has 4 rings (SSSR count). The first-order valence-corrected chi connectivity index (χ1v) is 10.4. The molecule has 0 radical (unpaired) electrons. The molecule has 2 aromatic carbocycles. The Balaban J connectivity index is 0.00000256. The lowest BCUT2D eigenvalue weighted by molar-refractivity contribution is 0.886. The summed E-state index contributed by atoms with van der Waals surface area (Å²) in [4.78, 5) is 16.1. The molecule has 1 aliphatic rings. The molecular weight excluding hydrogens is 419 g/mol. The van der Waals surface area contributed by atoms with E-state index in [1.54, 1.807) is 0 Å². The maximum absolute atomic E-state index is 6.26. The highest BCUT2D eigenvalue weighted by Gasteiger charge is 2.18. The van der Waals surface area contributed by atoms with Gasteiger partial charge in [0.1, 0.15) is 0 Å². The smallest absolute Gasteiger partial charge is 0.233 e. The quantitative estimate of drug-likeness (QED) is 0.492. The average molecular weight is 445 g/mol. The fourth-order valence-electron chi connectivity index (χ4n) is 3.29. The number of anilines is 5. The van der Waals surface area contributed by atoms with Crippen LogP contribution in [0.1, 0.15) is 30.9 Å². The summed E-state index contributed by atoms with van der Waals surface area (Å²) in [6, 6.07) is 14.1. The van der Waals surface area contributed by atoms with E-state index in [4.69, 9.17) is 11.6 Å². The Bertz CT molecular complexity index is 987. The van der Waals surface area contributed by atoms with Crippen LogP contribution in [-0.2, 0) is 6.42 Å². The van der Waals surface area contributed by atoms with Crippen molar-refractivity contribution in [1.29, 1.82) is 0 Å². The fraction of sp³-hybridized carbons (Fsp3) is 0.318. The zero-order valence-electron chi connectivity index (χ0n) is 17.2. The first-order valence-electron chi connectivity index (χ1n) is 10.0. The Hall–Kier alpha value is -2.57. The number of aryl methyl sites for hydroxylation is 2. The van der Waals surface area contributed by atoms with Gasteiger partial charge in [0, 0.05) is 29.5 Å². The van der Waals surface area contributed by atoms with Crippen molar-refractivity contribution in [3.05, 3.63) is 58.6 Å². The normalized spacial score (nSPS) is 13.1. The minimum Gasteiger partial charge on any atom is -0.341 e. The lowest BCUT2D eigenvalue weighted by atomic mass is 10.1. The summed E-state index contributed by atoms with van der Waals surface area (Å²) < 4.78 is 0. The first kappa shape index (κ1) is 22.1. The molecule has 6 nitrogen and oxygen atoms in total. The third-order valence-electron chi connectivity index (χ3n) is 5.06. The number of nitrogens with zero attached hydrogens (tertiary/aromatic N) is 4. The monoisotopic (exact) mass is 444 g/mol. The predicted octanol–water partition coefficient (Wildman–Crippen LogP) is 5.91. The second-order valence-corrected chi connectivity index (χ2v) is 7.65. The molecule has 2 N–H and O–H groups in total. The number of hydrogen-bond acceptors (Lipinski definition) is 6. The molecule has 1 aliphatic heterocycles.